The summed E-state index contributed by atoms with van der Waals surface area (Å²) in [4.78, 5) is 23.0. The molecule has 1 amide bonds. The molecule has 2 aromatic carbocycles. The summed E-state index contributed by atoms with van der Waals surface area (Å²) in [7, 11) is 1.45. The largest absolute Gasteiger partial charge is 0.465 e. The van der Waals surface area contributed by atoms with E-state index in [1.54, 1.807) is 0 Å². The molecule has 3 rings (SSSR count). The highest BCUT2D eigenvalue weighted by Crippen LogP contribution is 2.36. The van der Waals surface area contributed by atoms with Gasteiger partial charge < -0.3 is 20.1 Å². The minimum Gasteiger partial charge on any atom is -0.465 e. The van der Waals surface area contributed by atoms with Crippen molar-refractivity contribution in [3.8, 4) is 22.6 Å². The third kappa shape index (κ3) is 3.93. The van der Waals surface area contributed by atoms with Crippen LogP contribution < -0.4 is 21.3 Å². The number of halogens is 2. The molecule has 0 radical (unpaired) electrons. The molecule has 1 aromatic heterocycles. The number of carbonyl (C=O) groups is 1. The Hall–Kier alpha value is -3.88. The van der Waals surface area contributed by atoms with Crippen LogP contribution in [0, 0.1) is 11.6 Å². The summed E-state index contributed by atoms with van der Waals surface area (Å²) in [5.74, 6) is -1.66. The van der Waals surface area contributed by atoms with Gasteiger partial charge in [-0.3, -0.25) is 10.1 Å². The second kappa shape index (κ2) is 7.39. The van der Waals surface area contributed by atoms with E-state index in [0.29, 0.717) is 22.9 Å². The van der Waals surface area contributed by atoms with Crippen LogP contribution in [0.4, 0.5) is 25.0 Å². The minimum atomic E-state index is -1.40. The third-order valence-electron chi connectivity index (χ3n) is 3.85. The molecule has 1 heterocycles. The van der Waals surface area contributed by atoms with Gasteiger partial charge in [-0.25, -0.2) is 13.6 Å². The van der Waals surface area contributed by atoms with Crippen molar-refractivity contribution in [2.75, 3.05) is 11.1 Å². The highest BCUT2D eigenvalue weighted by molar-refractivity contribution is 5.85. The molecule has 0 atom stereocenters. The van der Waals surface area contributed by atoms with Gasteiger partial charge in [-0.1, -0.05) is 0 Å². The second-order valence-electron chi connectivity index (χ2n) is 5.92. The number of hydrogen-bond donors (Lipinski definition) is 3. The minimum absolute atomic E-state index is 0.172. The number of aryl methyl sites for hydroxylation is 1. The number of nitrogen functional groups attached to an aromatic ring is 1. The zero-order valence-corrected chi connectivity index (χ0v) is 14.6. The van der Waals surface area contributed by atoms with E-state index in [2.05, 4.69) is 0 Å². The van der Waals surface area contributed by atoms with Gasteiger partial charge in [0.05, 0.1) is 0 Å². The van der Waals surface area contributed by atoms with Crippen LogP contribution in [-0.4, -0.2) is 15.8 Å². The van der Waals surface area contributed by atoms with Crippen molar-refractivity contribution in [2.24, 2.45) is 7.05 Å². The molecule has 0 saturated carbocycles. The van der Waals surface area contributed by atoms with Crippen molar-refractivity contribution in [1.82, 2.24) is 4.57 Å². The van der Waals surface area contributed by atoms with Gasteiger partial charge in [0.15, 0.2) is 11.6 Å². The summed E-state index contributed by atoms with van der Waals surface area (Å²) < 4.78 is 33.8. The van der Waals surface area contributed by atoms with E-state index in [1.807, 2.05) is 5.32 Å². The Bertz CT molecular complexity index is 1130. The van der Waals surface area contributed by atoms with Gasteiger partial charge in [-0.05, 0) is 36.4 Å². The fraction of sp³-hybridized carbons (Fsp3) is 0.0526. The van der Waals surface area contributed by atoms with Crippen LogP contribution >= 0.6 is 0 Å². The predicted molar refractivity (Wildman–Crippen MR) is 99.6 cm³/mol. The van der Waals surface area contributed by atoms with Crippen LogP contribution in [0.2, 0.25) is 0 Å². The molecular formula is C19H15F2N3O4. The van der Waals surface area contributed by atoms with Gasteiger partial charge in [0.1, 0.15) is 17.3 Å². The first-order valence-corrected chi connectivity index (χ1v) is 7.98. The van der Waals surface area contributed by atoms with E-state index in [-0.39, 0.29) is 17.2 Å². The summed E-state index contributed by atoms with van der Waals surface area (Å²) >= 11 is 0. The van der Waals surface area contributed by atoms with Crippen molar-refractivity contribution in [1.29, 1.82) is 0 Å². The van der Waals surface area contributed by atoms with Crippen molar-refractivity contribution >= 4 is 17.5 Å². The van der Waals surface area contributed by atoms with E-state index in [9.17, 15) is 18.4 Å². The van der Waals surface area contributed by atoms with E-state index in [1.165, 1.54) is 42.1 Å². The lowest BCUT2D eigenvalue weighted by molar-refractivity contribution is 0.209. The van der Waals surface area contributed by atoms with Crippen LogP contribution in [-0.2, 0) is 7.05 Å². The number of nitrogens with one attached hydrogen (secondary N) is 1. The van der Waals surface area contributed by atoms with E-state index in [4.69, 9.17) is 15.6 Å². The zero-order chi connectivity index (χ0) is 20.4. The summed E-state index contributed by atoms with van der Waals surface area (Å²) in [6, 6.07) is 8.74. The van der Waals surface area contributed by atoms with Crippen LogP contribution in [0.5, 0.6) is 11.5 Å². The molecule has 9 heteroatoms. The molecule has 0 aliphatic rings. The van der Waals surface area contributed by atoms with Gasteiger partial charge >= 0.3 is 6.09 Å². The molecule has 7 nitrogen and oxygen atoms in total. The number of ether oxygens (including phenoxy) is 1. The predicted octanol–water partition coefficient (Wildman–Crippen LogP) is 3.79. The highest BCUT2D eigenvalue weighted by Gasteiger charge is 2.15. The van der Waals surface area contributed by atoms with Crippen molar-refractivity contribution in [2.45, 2.75) is 0 Å². The summed E-state index contributed by atoms with van der Waals surface area (Å²) in [6.45, 7) is 0. The molecule has 4 N–H and O–H groups in total. The Balaban J connectivity index is 2.12. The molecule has 0 spiro atoms. The van der Waals surface area contributed by atoms with E-state index >= 15 is 0 Å². The normalized spacial score (nSPS) is 10.5. The summed E-state index contributed by atoms with van der Waals surface area (Å²) in [5.41, 5.74) is 6.26. The second-order valence-corrected chi connectivity index (χ2v) is 5.92. The number of anilines is 2. The number of nitrogens with zero attached hydrogens (tertiary/aromatic N) is 1. The Kier molecular flexibility index (Phi) is 4.99. The molecule has 28 heavy (non-hydrogen) atoms. The monoisotopic (exact) mass is 387 g/mol. The van der Waals surface area contributed by atoms with Gasteiger partial charge in [0.2, 0.25) is 0 Å². The van der Waals surface area contributed by atoms with Crippen LogP contribution in [0.1, 0.15) is 0 Å². The topological polar surface area (TPSA) is 107 Å². The number of nitrogens with two attached hydrogens (primary N) is 1. The van der Waals surface area contributed by atoms with Gasteiger partial charge in [-0.2, -0.15) is 0 Å². The van der Waals surface area contributed by atoms with E-state index < -0.39 is 23.3 Å². The Labute approximate surface area is 157 Å². The lowest BCUT2D eigenvalue weighted by Crippen LogP contribution is -2.23. The maximum atomic E-state index is 14.0. The van der Waals surface area contributed by atoms with Crippen LogP contribution in [0.25, 0.3) is 11.1 Å². The first kappa shape index (κ1) is 18.9. The van der Waals surface area contributed by atoms with Gasteiger partial charge in [-0.15, -0.1) is 0 Å². The van der Waals surface area contributed by atoms with Crippen molar-refractivity contribution < 1.29 is 23.4 Å². The zero-order valence-electron chi connectivity index (χ0n) is 14.6. The smallest absolute Gasteiger partial charge is 0.409 e. The van der Waals surface area contributed by atoms with Gasteiger partial charge in [0.25, 0.3) is 5.56 Å². The van der Waals surface area contributed by atoms with Crippen molar-refractivity contribution in [3.63, 3.8) is 0 Å². The number of amides is 1. The third-order valence-corrected chi connectivity index (χ3v) is 3.85. The van der Waals surface area contributed by atoms with Crippen LogP contribution in [0.3, 0.4) is 0 Å². The fourth-order valence-electron chi connectivity index (χ4n) is 2.60. The molecule has 3 aromatic rings. The molecule has 0 aliphatic carbocycles. The lowest BCUT2D eigenvalue weighted by atomic mass is 10.0. The Morgan fingerprint density at radius 2 is 1.86 bits per heavy atom. The van der Waals surface area contributed by atoms with Crippen LogP contribution in [0.15, 0.2) is 53.5 Å². The Morgan fingerprint density at radius 3 is 2.54 bits per heavy atom. The SMILES string of the molecule is Cn1cc(-c2cc(N)ccc2Oc2ccc(F)cc2F)cc(NC(=O)O)c1=O. The summed E-state index contributed by atoms with van der Waals surface area (Å²) in [6.07, 6.45) is 0.0598. The van der Waals surface area contributed by atoms with E-state index in [0.717, 1.165) is 12.1 Å². The summed E-state index contributed by atoms with van der Waals surface area (Å²) in [5, 5.41) is 10.9. The number of carboxylic acid groups (broad SMARTS) is 1. The number of rotatable bonds is 4. The molecule has 144 valence electrons. The lowest BCUT2D eigenvalue weighted by Gasteiger charge is -2.14. The number of hydrogen-bond acceptors (Lipinski definition) is 4. The number of aromatic nitrogens is 1. The fourth-order valence-corrected chi connectivity index (χ4v) is 2.60. The first-order valence-electron chi connectivity index (χ1n) is 7.98. The molecule has 0 unspecified atom stereocenters. The number of pyridine rings is 1. The highest BCUT2D eigenvalue weighted by atomic mass is 19.1. The standard InChI is InChI=1S/C19H15F2N3O4/c1-24-9-10(6-15(18(24)25)23-19(26)27)13-8-12(22)3-5-16(13)28-17-4-2-11(20)7-14(17)21/h2-9,23H,22H2,1H3,(H,26,27). The first-order chi connectivity index (χ1) is 13.2. The van der Waals surface area contributed by atoms with Crippen molar-refractivity contribution in [3.05, 3.63) is 70.6 Å². The Morgan fingerprint density at radius 1 is 1.14 bits per heavy atom. The quantitative estimate of drug-likeness (QED) is 0.591. The molecule has 0 fully saturated rings. The number of benzene rings is 2. The molecular weight excluding hydrogens is 372 g/mol. The average Bonchev–Trinajstić information content (AvgIpc) is 2.62. The molecule has 0 aliphatic heterocycles. The molecule has 0 bridgehead atoms. The average molecular weight is 387 g/mol. The maximum absolute atomic E-state index is 14.0. The maximum Gasteiger partial charge on any atom is 0.409 e. The van der Waals surface area contributed by atoms with Gasteiger partial charge in [0, 0.05) is 36.1 Å². The molecule has 0 saturated heterocycles.